The number of benzene rings is 1. The van der Waals surface area contributed by atoms with Gasteiger partial charge in [-0.2, -0.15) is 0 Å². The zero-order valence-corrected chi connectivity index (χ0v) is 9.93. The molecule has 0 bridgehead atoms. The van der Waals surface area contributed by atoms with E-state index in [-0.39, 0.29) is 6.03 Å². The second-order valence-electron chi connectivity index (χ2n) is 3.53. The van der Waals surface area contributed by atoms with E-state index < -0.39 is 0 Å². The molecule has 16 heavy (non-hydrogen) atoms. The van der Waals surface area contributed by atoms with Crippen molar-refractivity contribution in [1.29, 1.82) is 0 Å². The third-order valence-electron chi connectivity index (χ3n) is 2.26. The van der Waals surface area contributed by atoms with Gasteiger partial charge < -0.3 is 10.6 Å². The summed E-state index contributed by atoms with van der Waals surface area (Å²) in [5, 5.41) is 8.71. The largest absolute Gasteiger partial charge is 0.338 e. The molecule has 4 heteroatoms. The zero-order chi connectivity index (χ0) is 11.4. The van der Waals surface area contributed by atoms with E-state index in [0.717, 1.165) is 17.5 Å². The molecule has 0 aliphatic rings. The minimum atomic E-state index is -0.134. The summed E-state index contributed by atoms with van der Waals surface area (Å²) in [5.41, 5.74) is 0.884. The Hall–Kier alpha value is -1.55. The number of amides is 2. The standard InChI is InChI=1S/C12H14N2OS/c1-2-7-13-12(15)14-10-8-16-11-6-4-3-5-9(10)11/h3-6,8H,2,7H2,1H3,(H2,13,14,15). The maximum Gasteiger partial charge on any atom is 0.319 e. The molecule has 2 amide bonds. The van der Waals surface area contributed by atoms with E-state index in [1.54, 1.807) is 11.3 Å². The Bertz CT molecular complexity index is 492. The van der Waals surface area contributed by atoms with Gasteiger partial charge in [0.05, 0.1) is 5.69 Å². The van der Waals surface area contributed by atoms with Crippen LogP contribution in [0.5, 0.6) is 0 Å². The summed E-state index contributed by atoms with van der Waals surface area (Å²) in [6, 6.07) is 7.91. The predicted molar refractivity (Wildman–Crippen MR) is 69.1 cm³/mol. The summed E-state index contributed by atoms with van der Waals surface area (Å²) in [7, 11) is 0. The summed E-state index contributed by atoms with van der Waals surface area (Å²) < 4.78 is 1.19. The van der Waals surface area contributed by atoms with Crippen LogP contribution in [0.4, 0.5) is 10.5 Å². The first-order valence-electron chi connectivity index (χ1n) is 5.32. The molecular weight excluding hydrogens is 220 g/mol. The van der Waals surface area contributed by atoms with E-state index >= 15 is 0 Å². The summed E-state index contributed by atoms with van der Waals surface area (Å²) >= 11 is 1.64. The summed E-state index contributed by atoms with van der Waals surface area (Å²) in [5.74, 6) is 0. The molecule has 0 spiro atoms. The van der Waals surface area contributed by atoms with Gasteiger partial charge in [0.2, 0.25) is 0 Å². The van der Waals surface area contributed by atoms with Crippen LogP contribution in [-0.4, -0.2) is 12.6 Å². The van der Waals surface area contributed by atoms with Crippen LogP contribution in [0.15, 0.2) is 29.6 Å². The number of anilines is 1. The smallest absolute Gasteiger partial charge is 0.319 e. The van der Waals surface area contributed by atoms with Crippen molar-refractivity contribution in [3.05, 3.63) is 29.6 Å². The van der Waals surface area contributed by atoms with E-state index in [1.165, 1.54) is 4.70 Å². The Morgan fingerprint density at radius 2 is 2.19 bits per heavy atom. The van der Waals surface area contributed by atoms with Crippen LogP contribution in [0.1, 0.15) is 13.3 Å². The first kappa shape index (κ1) is 11.0. The molecule has 1 aromatic carbocycles. The monoisotopic (exact) mass is 234 g/mol. The van der Waals surface area contributed by atoms with Crippen LogP contribution in [0.3, 0.4) is 0 Å². The first-order valence-corrected chi connectivity index (χ1v) is 6.20. The van der Waals surface area contributed by atoms with Crippen LogP contribution < -0.4 is 10.6 Å². The van der Waals surface area contributed by atoms with E-state index in [1.807, 2.05) is 30.5 Å². The van der Waals surface area contributed by atoms with Gasteiger partial charge in [-0.1, -0.05) is 25.1 Å². The lowest BCUT2D eigenvalue weighted by molar-refractivity contribution is 0.252. The van der Waals surface area contributed by atoms with Gasteiger partial charge in [-0.3, -0.25) is 0 Å². The summed E-state index contributed by atoms with van der Waals surface area (Å²) in [6.45, 7) is 2.73. The SMILES string of the molecule is CCCNC(=O)Nc1csc2ccccc12. The molecule has 0 unspecified atom stereocenters. The van der Waals surface area contributed by atoms with Gasteiger partial charge in [0.25, 0.3) is 0 Å². The maximum atomic E-state index is 11.5. The van der Waals surface area contributed by atoms with E-state index in [2.05, 4.69) is 16.7 Å². The number of carbonyl (C=O) groups is 1. The molecule has 1 heterocycles. The molecule has 2 aromatic rings. The van der Waals surface area contributed by atoms with E-state index in [4.69, 9.17) is 0 Å². The maximum absolute atomic E-state index is 11.5. The number of thiophene rings is 1. The van der Waals surface area contributed by atoms with Gasteiger partial charge in [-0.05, 0) is 12.5 Å². The Morgan fingerprint density at radius 3 is 3.00 bits per heavy atom. The molecule has 0 radical (unpaired) electrons. The highest BCUT2D eigenvalue weighted by Gasteiger charge is 2.05. The highest BCUT2D eigenvalue weighted by molar-refractivity contribution is 7.17. The van der Waals surface area contributed by atoms with Gasteiger partial charge in [0.1, 0.15) is 0 Å². The minimum Gasteiger partial charge on any atom is -0.338 e. The molecule has 0 aliphatic carbocycles. The van der Waals surface area contributed by atoms with Crippen molar-refractivity contribution in [3.8, 4) is 0 Å². The fourth-order valence-corrected chi connectivity index (χ4v) is 2.37. The average Bonchev–Trinajstić information content (AvgIpc) is 2.70. The number of rotatable bonds is 3. The quantitative estimate of drug-likeness (QED) is 0.839. The molecule has 0 aliphatic heterocycles. The molecule has 0 saturated carbocycles. The number of hydrogen-bond acceptors (Lipinski definition) is 2. The average molecular weight is 234 g/mol. The highest BCUT2D eigenvalue weighted by Crippen LogP contribution is 2.29. The van der Waals surface area contributed by atoms with Crippen molar-refractivity contribution in [1.82, 2.24) is 5.32 Å². The second kappa shape index (κ2) is 4.99. The molecular formula is C12H14N2OS. The molecule has 3 nitrogen and oxygen atoms in total. The number of fused-ring (bicyclic) bond motifs is 1. The van der Waals surface area contributed by atoms with Gasteiger partial charge in [-0.15, -0.1) is 11.3 Å². The number of nitrogens with one attached hydrogen (secondary N) is 2. The molecule has 0 atom stereocenters. The lowest BCUT2D eigenvalue weighted by Gasteiger charge is -2.05. The van der Waals surface area contributed by atoms with Crippen LogP contribution in [0, 0.1) is 0 Å². The van der Waals surface area contributed by atoms with E-state index in [0.29, 0.717) is 6.54 Å². The fourth-order valence-electron chi connectivity index (χ4n) is 1.48. The van der Waals surface area contributed by atoms with Crippen LogP contribution in [0.2, 0.25) is 0 Å². The van der Waals surface area contributed by atoms with Crippen molar-refractivity contribution >= 4 is 33.1 Å². The normalized spacial score (nSPS) is 10.3. The number of hydrogen-bond donors (Lipinski definition) is 2. The van der Waals surface area contributed by atoms with Crippen LogP contribution >= 0.6 is 11.3 Å². The molecule has 2 N–H and O–H groups in total. The van der Waals surface area contributed by atoms with Crippen molar-refractivity contribution in [2.24, 2.45) is 0 Å². The second-order valence-corrected chi connectivity index (χ2v) is 4.44. The first-order chi connectivity index (χ1) is 7.81. The third-order valence-corrected chi connectivity index (χ3v) is 3.23. The molecule has 84 valence electrons. The Kier molecular flexibility index (Phi) is 3.41. The molecule has 0 fully saturated rings. The Morgan fingerprint density at radius 1 is 1.38 bits per heavy atom. The predicted octanol–water partition coefficient (Wildman–Crippen LogP) is 3.43. The highest BCUT2D eigenvalue weighted by atomic mass is 32.1. The number of carbonyl (C=O) groups excluding carboxylic acids is 1. The zero-order valence-electron chi connectivity index (χ0n) is 9.12. The van der Waals surface area contributed by atoms with Gasteiger partial charge >= 0.3 is 6.03 Å². The Balaban J connectivity index is 2.12. The third kappa shape index (κ3) is 2.33. The Labute approximate surface area is 98.5 Å². The molecule has 2 rings (SSSR count). The fraction of sp³-hybridized carbons (Fsp3) is 0.250. The van der Waals surface area contributed by atoms with E-state index in [9.17, 15) is 4.79 Å². The van der Waals surface area contributed by atoms with Crippen molar-refractivity contribution < 1.29 is 4.79 Å². The molecule has 1 aromatic heterocycles. The molecule has 0 saturated heterocycles. The van der Waals surface area contributed by atoms with Gasteiger partial charge in [0.15, 0.2) is 0 Å². The van der Waals surface area contributed by atoms with Crippen molar-refractivity contribution in [2.45, 2.75) is 13.3 Å². The minimum absolute atomic E-state index is 0.134. The van der Waals surface area contributed by atoms with Crippen LogP contribution in [0.25, 0.3) is 10.1 Å². The van der Waals surface area contributed by atoms with Crippen molar-refractivity contribution in [3.63, 3.8) is 0 Å². The lowest BCUT2D eigenvalue weighted by Crippen LogP contribution is -2.29. The van der Waals surface area contributed by atoms with Crippen LogP contribution in [-0.2, 0) is 0 Å². The summed E-state index contributed by atoms with van der Waals surface area (Å²) in [4.78, 5) is 11.5. The lowest BCUT2D eigenvalue weighted by atomic mass is 10.2. The topological polar surface area (TPSA) is 41.1 Å². The number of urea groups is 1. The summed E-state index contributed by atoms with van der Waals surface area (Å²) in [6.07, 6.45) is 0.942. The van der Waals surface area contributed by atoms with Crippen molar-refractivity contribution in [2.75, 3.05) is 11.9 Å². The van der Waals surface area contributed by atoms with Gasteiger partial charge in [-0.25, -0.2) is 4.79 Å². The van der Waals surface area contributed by atoms with Gasteiger partial charge in [0, 0.05) is 22.0 Å².